The average molecular weight is 297 g/mol. The fourth-order valence-corrected chi connectivity index (χ4v) is 2.01. The number of halogens is 4. The molecule has 0 bridgehead atoms. The van der Waals surface area contributed by atoms with Crippen LogP contribution in [0.5, 0.6) is 0 Å². The van der Waals surface area contributed by atoms with Gasteiger partial charge in [-0.25, -0.2) is 8.42 Å². The van der Waals surface area contributed by atoms with Crippen molar-refractivity contribution in [2.75, 3.05) is 19.0 Å². The van der Waals surface area contributed by atoms with Crippen LogP contribution in [0.25, 0.3) is 0 Å². The van der Waals surface area contributed by atoms with Crippen LogP contribution >= 0.6 is 10.7 Å². The summed E-state index contributed by atoms with van der Waals surface area (Å²) in [7, 11) is 1.54. The summed E-state index contributed by atoms with van der Waals surface area (Å²) < 4.78 is 61.3. The van der Waals surface area contributed by atoms with Gasteiger partial charge >= 0.3 is 6.18 Å². The van der Waals surface area contributed by atoms with Crippen LogP contribution in [0.3, 0.4) is 0 Å². The van der Waals surface area contributed by atoms with E-state index in [0.717, 1.165) is 0 Å². The molecule has 0 rings (SSSR count). The van der Waals surface area contributed by atoms with E-state index >= 15 is 0 Å². The molecule has 0 aromatic rings. The Morgan fingerprint density at radius 1 is 1.24 bits per heavy atom. The van der Waals surface area contributed by atoms with Gasteiger partial charge in [0, 0.05) is 17.3 Å². The largest absolute Gasteiger partial charge is 0.391 e. The van der Waals surface area contributed by atoms with Crippen LogP contribution in [-0.2, 0) is 13.8 Å². The van der Waals surface area contributed by atoms with Crippen molar-refractivity contribution in [1.29, 1.82) is 0 Å². The number of hydrogen-bond acceptors (Lipinski definition) is 3. The van der Waals surface area contributed by atoms with Gasteiger partial charge in [-0.2, -0.15) is 13.2 Å². The zero-order chi connectivity index (χ0) is 13.5. The Morgan fingerprint density at radius 2 is 1.82 bits per heavy atom. The van der Waals surface area contributed by atoms with Gasteiger partial charge in [-0.15, -0.1) is 0 Å². The van der Waals surface area contributed by atoms with E-state index in [1.165, 1.54) is 0 Å². The van der Waals surface area contributed by atoms with Crippen molar-refractivity contribution in [2.45, 2.75) is 32.4 Å². The molecular formula is C9H16ClF3O3S. The lowest BCUT2D eigenvalue weighted by molar-refractivity contribution is -0.145. The molecule has 1 unspecified atom stereocenters. The zero-order valence-electron chi connectivity index (χ0n) is 9.46. The van der Waals surface area contributed by atoms with Crippen molar-refractivity contribution in [3.8, 4) is 0 Å². The smallest absolute Gasteiger partial charge is 0.381 e. The van der Waals surface area contributed by atoms with Crippen molar-refractivity contribution >= 4 is 19.7 Å². The second kappa shape index (κ2) is 7.43. The standard InChI is InChI=1S/C9H16ClF3O3S/c1-8(3-7-17(10,14)15)2-5-16-6-4-9(11,12)13/h8H,2-7H2,1H3. The first-order valence-electron chi connectivity index (χ1n) is 5.17. The number of alkyl halides is 3. The first kappa shape index (κ1) is 17.0. The molecule has 0 aliphatic heterocycles. The highest BCUT2D eigenvalue weighted by atomic mass is 35.7. The van der Waals surface area contributed by atoms with E-state index in [2.05, 4.69) is 0 Å². The summed E-state index contributed by atoms with van der Waals surface area (Å²) in [5.41, 5.74) is 0. The molecule has 0 aromatic carbocycles. The van der Waals surface area contributed by atoms with E-state index in [9.17, 15) is 21.6 Å². The molecule has 1 atom stereocenters. The van der Waals surface area contributed by atoms with Crippen LogP contribution in [0.1, 0.15) is 26.2 Å². The van der Waals surface area contributed by atoms with E-state index in [-0.39, 0.29) is 24.9 Å². The van der Waals surface area contributed by atoms with Crippen molar-refractivity contribution < 1.29 is 26.3 Å². The fraction of sp³-hybridized carbons (Fsp3) is 1.00. The maximum atomic E-state index is 11.7. The van der Waals surface area contributed by atoms with Crippen LogP contribution in [0.2, 0.25) is 0 Å². The number of rotatable bonds is 8. The molecule has 17 heavy (non-hydrogen) atoms. The Hall–Kier alpha value is -0.0100. The average Bonchev–Trinajstić information content (AvgIpc) is 2.11. The Labute approximate surface area is 104 Å². The molecule has 0 saturated heterocycles. The van der Waals surface area contributed by atoms with Gasteiger partial charge in [0.05, 0.1) is 18.8 Å². The van der Waals surface area contributed by atoms with Crippen LogP contribution in [0.4, 0.5) is 13.2 Å². The fourth-order valence-electron chi connectivity index (χ4n) is 1.06. The Bertz CT molecular complexity index is 303. The van der Waals surface area contributed by atoms with E-state index < -0.39 is 21.6 Å². The van der Waals surface area contributed by atoms with Gasteiger partial charge < -0.3 is 4.74 Å². The molecule has 104 valence electrons. The Morgan fingerprint density at radius 3 is 2.29 bits per heavy atom. The predicted octanol–water partition coefficient (Wildman–Crippen LogP) is 2.94. The minimum Gasteiger partial charge on any atom is -0.381 e. The summed E-state index contributed by atoms with van der Waals surface area (Å²) in [4.78, 5) is 0. The van der Waals surface area contributed by atoms with Crippen LogP contribution in [0, 0.1) is 5.92 Å². The number of ether oxygens (including phenoxy) is 1. The molecule has 0 fully saturated rings. The molecule has 0 aliphatic carbocycles. The highest BCUT2D eigenvalue weighted by molar-refractivity contribution is 8.13. The third-order valence-corrected chi connectivity index (χ3v) is 3.33. The maximum absolute atomic E-state index is 11.7. The monoisotopic (exact) mass is 296 g/mol. The van der Waals surface area contributed by atoms with Crippen LogP contribution in [-0.4, -0.2) is 33.6 Å². The molecule has 0 aliphatic rings. The first-order valence-corrected chi connectivity index (χ1v) is 7.65. The van der Waals surface area contributed by atoms with Gasteiger partial charge in [-0.3, -0.25) is 0 Å². The lowest BCUT2D eigenvalue weighted by Gasteiger charge is -2.11. The third kappa shape index (κ3) is 13.9. The minimum atomic E-state index is -4.20. The predicted molar refractivity (Wildman–Crippen MR) is 59.5 cm³/mol. The van der Waals surface area contributed by atoms with Crippen LogP contribution in [0.15, 0.2) is 0 Å². The second-order valence-electron chi connectivity index (χ2n) is 3.90. The highest BCUT2D eigenvalue weighted by Gasteiger charge is 2.26. The zero-order valence-corrected chi connectivity index (χ0v) is 11.0. The topological polar surface area (TPSA) is 43.4 Å². The molecule has 3 nitrogen and oxygen atoms in total. The van der Waals surface area contributed by atoms with Crippen molar-refractivity contribution in [3.63, 3.8) is 0 Å². The minimum absolute atomic E-state index is 0.0504. The van der Waals surface area contributed by atoms with Crippen molar-refractivity contribution in [2.24, 2.45) is 5.92 Å². The van der Waals surface area contributed by atoms with Crippen molar-refractivity contribution in [1.82, 2.24) is 0 Å². The van der Waals surface area contributed by atoms with Gasteiger partial charge in [0.2, 0.25) is 9.05 Å². The SMILES string of the molecule is CC(CCOCCC(F)(F)F)CCS(=O)(=O)Cl. The van der Waals surface area contributed by atoms with E-state index in [0.29, 0.717) is 12.8 Å². The summed E-state index contributed by atoms with van der Waals surface area (Å²) in [5.74, 6) is -0.0763. The number of hydrogen-bond donors (Lipinski definition) is 0. The summed E-state index contributed by atoms with van der Waals surface area (Å²) >= 11 is 0. The molecule has 0 spiro atoms. The summed E-state index contributed by atoms with van der Waals surface area (Å²) in [6, 6.07) is 0. The van der Waals surface area contributed by atoms with E-state index in [1.807, 2.05) is 0 Å². The molecule has 0 amide bonds. The van der Waals surface area contributed by atoms with Gasteiger partial charge in [0.25, 0.3) is 0 Å². The van der Waals surface area contributed by atoms with E-state index in [1.54, 1.807) is 6.92 Å². The quantitative estimate of drug-likeness (QED) is 0.511. The van der Waals surface area contributed by atoms with Crippen LogP contribution < -0.4 is 0 Å². The Balaban J connectivity index is 3.49. The molecule has 8 heteroatoms. The molecular weight excluding hydrogens is 281 g/mol. The lowest BCUT2D eigenvalue weighted by Crippen LogP contribution is -2.13. The summed E-state index contributed by atoms with van der Waals surface area (Å²) in [6.45, 7) is 1.64. The van der Waals surface area contributed by atoms with Gasteiger partial charge in [-0.05, 0) is 18.8 Å². The third-order valence-electron chi connectivity index (χ3n) is 2.14. The van der Waals surface area contributed by atoms with E-state index in [4.69, 9.17) is 15.4 Å². The molecule has 0 radical (unpaired) electrons. The second-order valence-corrected chi connectivity index (χ2v) is 6.80. The van der Waals surface area contributed by atoms with Gasteiger partial charge in [-0.1, -0.05) is 6.92 Å². The first-order chi connectivity index (χ1) is 7.60. The normalized spacial score (nSPS) is 14.9. The van der Waals surface area contributed by atoms with Gasteiger partial charge in [0.1, 0.15) is 0 Å². The summed E-state index contributed by atoms with van der Waals surface area (Å²) in [5, 5.41) is 0. The molecule has 0 aromatic heterocycles. The summed E-state index contributed by atoms with van der Waals surface area (Å²) in [6.07, 6.45) is -4.26. The molecule has 0 heterocycles. The highest BCUT2D eigenvalue weighted by Crippen LogP contribution is 2.19. The lowest BCUT2D eigenvalue weighted by atomic mass is 10.1. The van der Waals surface area contributed by atoms with Gasteiger partial charge in [0.15, 0.2) is 0 Å². The molecule has 0 saturated carbocycles. The Kier molecular flexibility index (Phi) is 7.43. The molecule has 0 N–H and O–H groups in total. The maximum Gasteiger partial charge on any atom is 0.391 e. The van der Waals surface area contributed by atoms with Crippen molar-refractivity contribution in [3.05, 3.63) is 0 Å².